The summed E-state index contributed by atoms with van der Waals surface area (Å²) in [5.41, 5.74) is -0.651. The first-order chi connectivity index (χ1) is 7.99. The largest absolute Gasteiger partial charge is 0.390 e. The number of aliphatic hydroxyl groups is 1. The van der Waals surface area contributed by atoms with Crippen molar-refractivity contribution in [3.63, 3.8) is 0 Å². The van der Waals surface area contributed by atoms with E-state index in [1.54, 1.807) is 14.2 Å². The molecule has 0 amide bonds. The average molecular weight is 243 g/mol. The molecule has 0 radical (unpaired) electrons. The van der Waals surface area contributed by atoms with E-state index in [0.29, 0.717) is 18.5 Å². The maximum atomic E-state index is 10.8. The van der Waals surface area contributed by atoms with Gasteiger partial charge < -0.3 is 19.9 Å². The molecule has 2 unspecified atom stereocenters. The normalized spacial score (nSPS) is 38.1. The number of ether oxygens (including phenoxy) is 2. The van der Waals surface area contributed by atoms with Crippen LogP contribution in [-0.4, -0.2) is 42.8 Å². The zero-order chi connectivity index (χ0) is 12.5. The number of nitrogens with one attached hydrogen (secondary N) is 1. The third kappa shape index (κ3) is 2.99. The van der Waals surface area contributed by atoms with Crippen molar-refractivity contribution in [1.82, 2.24) is 5.32 Å². The molecule has 17 heavy (non-hydrogen) atoms. The van der Waals surface area contributed by atoms with Crippen molar-refractivity contribution in [3.05, 3.63) is 0 Å². The van der Waals surface area contributed by atoms with Crippen LogP contribution in [0.5, 0.6) is 0 Å². The van der Waals surface area contributed by atoms with Crippen LogP contribution in [0.1, 0.15) is 45.4 Å². The fraction of sp³-hybridized carbons (Fsp3) is 1.00. The van der Waals surface area contributed by atoms with Crippen molar-refractivity contribution in [3.8, 4) is 0 Å². The van der Waals surface area contributed by atoms with Crippen molar-refractivity contribution < 1.29 is 14.6 Å². The van der Waals surface area contributed by atoms with Crippen LogP contribution in [0.3, 0.4) is 0 Å². The maximum Gasteiger partial charge on any atom is 0.167 e. The Morgan fingerprint density at radius 1 is 1.24 bits per heavy atom. The lowest BCUT2D eigenvalue weighted by Gasteiger charge is -2.47. The number of piperidine rings is 2. The third-order valence-electron chi connectivity index (χ3n) is 4.34. The highest BCUT2D eigenvalue weighted by molar-refractivity contribution is 4.99. The zero-order valence-electron chi connectivity index (χ0n) is 11.2. The van der Waals surface area contributed by atoms with E-state index in [4.69, 9.17) is 9.47 Å². The minimum atomic E-state index is -0.680. The summed E-state index contributed by atoms with van der Waals surface area (Å²) in [6.07, 6.45) is 5.80. The minimum absolute atomic E-state index is 0.463. The van der Waals surface area contributed by atoms with Crippen LogP contribution in [-0.2, 0) is 9.47 Å². The lowest BCUT2D eigenvalue weighted by Crippen LogP contribution is -2.57. The first kappa shape index (κ1) is 13.3. The van der Waals surface area contributed by atoms with Crippen molar-refractivity contribution in [1.29, 1.82) is 0 Å². The van der Waals surface area contributed by atoms with Crippen molar-refractivity contribution in [2.45, 2.75) is 68.9 Å². The number of rotatable bonds is 4. The van der Waals surface area contributed by atoms with Gasteiger partial charge >= 0.3 is 0 Å². The van der Waals surface area contributed by atoms with Gasteiger partial charge in [-0.1, -0.05) is 6.42 Å². The topological polar surface area (TPSA) is 50.7 Å². The standard InChI is InChI=1S/C13H25NO3/c1-12(16-2,17-3)9-13(15)7-10-5-4-6-11(8-13)14-10/h10-11,14-15H,4-9H2,1-3H3. The van der Waals surface area contributed by atoms with Gasteiger partial charge in [-0.25, -0.2) is 0 Å². The predicted octanol–water partition coefficient (Wildman–Crippen LogP) is 1.42. The minimum Gasteiger partial charge on any atom is -0.390 e. The molecule has 4 heteroatoms. The number of methoxy groups -OCH3 is 2. The lowest BCUT2D eigenvalue weighted by atomic mass is 9.74. The molecule has 2 fully saturated rings. The second-order valence-electron chi connectivity index (χ2n) is 5.84. The van der Waals surface area contributed by atoms with E-state index in [1.165, 1.54) is 19.3 Å². The molecule has 4 nitrogen and oxygen atoms in total. The van der Waals surface area contributed by atoms with Gasteiger partial charge in [0.1, 0.15) is 0 Å². The van der Waals surface area contributed by atoms with Crippen molar-refractivity contribution in [2.75, 3.05) is 14.2 Å². The number of hydrogen-bond acceptors (Lipinski definition) is 4. The molecule has 2 bridgehead atoms. The molecule has 0 saturated carbocycles. The zero-order valence-corrected chi connectivity index (χ0v) is 11.2. The monoisotopic (exact) mass is 243 g/mol. The third-order valence-corrected chi connectivity index (χ3v) is 4.34. The molecule has 0 spiro atoms. The molecule has 0 aromatic carbocycles. The summed E-state index contributed by atoms with van der Waals surface area (Å²) >= 11 is 0. The van der Waals surface area contributed by atoms with Gasteiger partial charge in [-0.15, -0.1) is 0 Å². The molecule has 2 N–H and O–H groups in total. The molecule has 2 aliphatic rings. The Hall–Kier alpha value is -0.160. The van der Waals surface area contributed by atoms with E-state index in [0.717, 1.165) is 12.8 Å². The molecule has 0 aliphatic carbocycles. The Kier molecular flexibility index (Phi) is 3.78. The van der Waals surface area contributed by atoms with Gasteiger partial charge in [0.15, 0.2) is 5.79 Å². The summed E-state index contributed by atoms with van der Waals surface area (Å²) in [7, 11) is 3.27. The Morgan fingerprint density at radius 3 is 2.24 bits per heavy atom. The van der Waals surface area contributed by atoms with Crippen LogP contribution in [0.2, 0.25) is 0 Å². The summed E-state index contributed by atoms with van der Waals surface area (Å²) in [6.45, 7) is 1.89. The molecule has 2 saturated heterocycles. The molecule has 2 atom stereocenters. The Bertz CT molecular complexity index is 253. The van der Waals surface area contributed by atoms with Gasteiger partial charge in [-0.3, -0.25) is 0 Å². The molecular weight excluding hydrogens is 218 g/mol. The quantitative estimate of drug-likeness (QED) is 0.733. The van der Waals surface area contributed by atoms with Crippen LogP contribution < -0.4 is 5.32 Å². The Morgan fingerprint density at radius 2 is 1.76 bits per heavy atom. The molecule has 2 aliphatic heterocycles. The van der Waals surface area contributed by atoms with E-state index in [-0.39, 0.29) is 0 Å². The summed E-state index contributed by atoms with van der Waals surface area (Å²) < 4.78 is 10.7. The highest BCUT2D eigenvalue weighted by Gasteiger charge is 2.45. The van der Waals surface area contributed by atoms with Gasteiger partial charge in [0.25, 0.3) is 0 Å². The molecule has 0 aromatic heterocycles. The Labute approximate surface area is 104 Å². The summed E-state index contributed by atoms with van der Waals surface area (Å²) in [5, 5.41) is 14.4. The SMILES string of the molecule is COC(C)(CC1(O)CC2CCCC(C1)N2)OC. The van der Waals surface area contributed by atoms with Gasteiger partial charge in [0.2, 0.25) is 0 Å². The second-order valence-corrected chi connectivity index (χ2v) is 5.84. The van der Waals surface area contributed by atoms with Crippen LogP contribution in [0.4, 0.5) is 0 Å². The maximum absolute atomic E-state index is 10.8. The smallest absolute Gasteiger partial charge is 0.167 e. The molecule has 0 aromatic rings. The first-order valence-electron chi connectivity index (χ1n) is 6.57. The van der Waals surface area contributed by atoms with Crippen molar-refractivity contribution >= 4 is 0 Å². The first-order valence-corrected chi connectivity index (χ1v) is 6.57. The van der Waals surface area contributed by atoms with Gasteiger partial charge in [-0.2, -0.15) is 0 Å². The van der Waals surface area contributed by atoms with Crippen LogP contribution in [0.15, 0.2) is 0 Å². The van der Waals surface area contributed by atoms with Crippen LogP contribution in [0.25, 0.3) is 0 Å². The van der Waals surface area contributed by atoms with E-state index in [9.17, 15) is 5.11 Å². The predicted molar refractivity (Wildman–Crippen MR) is 65.8 cm³/mol. The van der Waals surface area contributed by atoms with Crippen molar-refractivity contribution in [2.24, 2.45) is 0 Å². The molecule has 2 heterocycles. The van der Waals surface area contributed by atoms with E-state index >= 15 is 0 Å². The van der Waals surface area contributed by atoms with E-state index < -0.39 is 11.4 Å². The highest BCUT2D eigenvalue weighted by atomic mass is 16.7. The van der Waals surface area contributed by atoms with Gasteiger partial charge in [0, 0.05) is 32.7 Å². The molecule has 2 rings (SSSR count). The molecule has 100 valence electrons. The number of fused-ring (bicyclic) bond motifs is 2. The summed E-state index contributed by atoms with van der Waals surface area (Å²) in [4.78, 5) is 0. The van der Waals surface area contributed by atoms with Gasteiger partial charge in [0.05, 0.1) is 5.60 Å². The fourth-order valence-electron chi connectivity index (χ4n) is 3.40. The Balaban J connectivity index is 2.03. The van der Waals surface area contributed by atoms with Crippen LogP contribution in [0, 0.1) is 0 Å². The highest BCUT2D eigenvalue weighted by Crippen LogP contribution is 2.38. The average Bonchev–Trinajstić information content (AvgIpc) is 2.27. The van der Waals surface area contributed by atoms with E-state index in [1.807, 2.05) is 6.92 Å². The summed E-state index contributed by atoms with van der Waals surface area (Å²) in [6, 6.07) is 0.927. The second kappa shape index (κ2) is 4.84. The lowest BCUT2D eigenvalue weighted by molar-refractivity contribution is -0.229. The fourth-order valence-corrected chi connectivity index (χ4v) is 3.40. The van der Waals surface area contributed by atoms with Crippen LogP contribution >= 0.6 is 0 Å². The summed E-state index contributed by atoms with van der Waals surface area (Å²) in [5.74, 6) is -0.680. The van der Waals surface area contributed by atoms with Gasteiger partial charge in [-0.05, 0) is 32.6 Å². The molecular formula is C13H25NO3. The number of hydrogen-bond donors (Lipinski definition) is 2. The van der Waals surface area contributed by atoms with E-state index in [2.05, 4.69) is 5.32 Å².